The monoisotopic (exact) mass is 218 g/mol. The highest BCUT2D eigenvalue weighted by atomic mass is 16.5. The van der Waals surface area contributed by atoms with E-state index in [1.54, 1.807) is 0 Å². The van der Waals surface area contributed by atoms with Crippen LogP contribution in [0.15, 0.2) is 37.1 Å². The van der Waals surface area contributed by atoms with E-state index in [0.717, 1.165) is 19.4 Å². The third-order valence-corrected chi connectivity index (χ3v) is 2.67. The summed E-state index contributed by atoms with van der Waals surface area (Å²) in [4.78, 5) is 0. The standard InChI is InChI=1S/C15H22O/c1-5-16-12-6-7-13-8-10-14(11-9-13)15(2,3)4/h5,8-11H,1,6-7,12H2,2-4H3. The van der Waals surface area contributed by atoms with Gasteiger partial charge in [0.1, 0.15) is 0 Å². The summed E-state index contributed by atoms with van der Waals surface area (Å²) < 4.78 is 5.10. The van der Waals surface area contributed by atoms with Crippen LogP contribution in [0.2, 0.25) is 0 Å². The Kier molecular flexibility index (Phi) is 4.60. The Labute approximate surface area is 99.1 Å². The maximum Gasteiger partial charge on any atom is 0.0876 e. The Bertz CT molecular complexity index is 316. The molecule has 0 bridgehead atoms. The van der Waals surface area contributed by atoms with Crippen molar-refractivity contribution < 1.29 is 4.74 Å². The molecular weight excluding hydrogens is 196 g/mol. The first-order valence-corrected chi connectivity index (χ1v) is 5.86. The third kappa shape index (κ3) is 4.09. The van der Waals surface area contributed by atoms with Crippen molar-refractivity contribution in [2.24, 2.45) is 0 Å². The van der Waals surface area contributed by atoms with Crippen molar-refractivity contribution >= 4 is 0 Å². The van der Waals surface area contributed by atoms with Gasteiger partial charge in [-0.2, -0.15) is 0 Å². The normalized spacial score (nSPS) is 11.2. The van der Waals surface area contributed by atoms with Gasteiger partial charge in [-0.15, -0.1) is 0 Å². The molecule has 0 radical (unpaired) electrons. The molecule has 0 unspecified atom stereocenters. The van der Waals surface area contributed by atoms with Gasteiger partial charge in [0.25, 0.3) is 0 Å². The predicted molar refractivity (Wildman–Crippen MR) is 69.6 cm³/mol. The molecule has 0 aromatic heterocycles. The van der Waals surface area contributed by atoms with Gasteiger partial charge in [-0.05, 0) is 29.4 Å². The summed E-state index contributed by atoms with van der Waals surface area (Å²) in [6.45, 7) is 11.0. The summed E-state index contributed by atoms with van der Waals surface area (Å²) in [6, 6.07) is 8.89. The highest BCUT2D eigenvalue weighted by Gasteiger charge is 2.12. The van der Waals surface area contributed by atoms with Crippen LogP contribution in [0, 0.1) is 0 Å². The molecule has 0 saturated carbocycles. The fraction of sp³-hybridized carbons (Fsp3) is 0.467. The van der Waals surface area contributed by atoms with E-state index in [1.165, 1.54) is 17.4 Å². The van der Waals surface area contributed by atoms with Crippen molar-refractivity contribution in [2.75, 3.05) is 6.61 Å². The Morgan fingerprint density at radius 3 is 2.31 bits per heavy atom. The van der Waals surface area contributed by atoms with E-state index in [0.29, 0.717) is 0 Å². The lowest BCUT2D eigenvalue weighted by Gasteiger charge is -2.19. The summed E-state index contributed by atoms with van der Waals surface area (Å²) in [5, 5.41) is 0. The molecule has 0 aliphatic carbocycles. The van der Waals surface area contributed by atoms with Crippen LogP contribution in [0.25, 0.3) is 0 Å². The first-order valence-electron chi connectivity index (χ1n) is 5.86. The maximum absolute atomic E-state index is 5.10. The van der Waals surface area contributed by atoms with E-state index in [2.05, 4.69) is 51.6 Å². The van der Waals surface area contributed by atoms with Crippen LogP contribution in [-0.2, 0) is 16.6 Å². The average molecular weight is 218 g/mol. The van der Waals surface area contributed by atoms with Crippen LogP contribution in [0.4, 0.5) is 0 Å². The molecule has 0 saturated heterocycles. The molecule has 1 aromatic carbocycles. The van der Waals surface area contributed by atoms with E-state index in [1.807, 2.05) is 0 Å². The molecule has 1 heteroatoms. The molecule has 1 nitrogen and oxygen atoms in total. The molecule has 16 heavy (non-hydrogen) atoms. The first kappa shape index (κ1) is 12.8. The second kappa shape index (κ2) is 5.74. The Hall–Kier alpha value is -1.24. The molecule has 0 amide bonds. The fourth-order valence-electron chi connectivity index (χ4n) is 1.61. The number of benzene rings is 1. The minimum atomic E-state index is 0.241. The Morgan fingerprint density at radius 2 is 1.81 bits per heavy atom. The zero-order valence-corrected chi connectivity index (χ0v) is 10.6. The van der Waals surface area contributed by atoms with Crippen molar-refractivity contribution in [2.45, 2.75) is 39.0 Å². The first-order chi connectivity index (χ1) is 7.54. The van der Waals surface area contributed by atoms with Gasteiger partial charge >= 0.3 is 0 Å². The lowest BCUT2D eigenvalue weighted by atomic mass is 9.86. The number of rotatable bonds is 5. The summed E-state index contributed by atoms with van der Waals surface area (Å²) in [6.07, 6.45) is 3.61. The largest absolute Gasteiger partial charge is 0.502 e. The van der Waals surface area contributed by atoms with Crippen molar-refractivity contribution in [3.63, 3.8) is 0 Å². The van der Waals surface area contributed by atoms with E-state index < -0.39 is 0 Å². The molecule has 1 rings (SSSR count). The van der Waals surface area contributed by atoms with Crippen LogP contribution < -0.4 is 0 Å². The van der Waals surface area contributed by atoms with Crippen molar-refractivity contribution in [1.29, 1.82) is 0 Å². The Balaban J connectivity index is 2.48. The van der Waals surface area contributed by atoms with Crippen molar-refractivity contribution in [1.82, 2.24) is 0 Å². The van der Waals surface area contributed by atoms with Gasteiger partial charge in [-0.1, -0.05) is 51.6 Å². The molecule has 0 aliphatic heterocycles. The molecule has 0 heterocycles. The summed E-state index contributed by atoms with van der Waals surface area (Å²) in [5.74, 6) is 0. The van der Waals surface area contributed by atoms with E-state index in [4.69, 9.17) is 4.74 Å². The number of hydrogen-bond acceptors (Lipinski definition) is 1. The van der Waals surface area contributed by atoms with Crippen LogP contribution in [-0.4, -0.2) is 6.61 Å². The smallest absolute Gasteiger partial charge is 0.0876 e. The van der Waals surface area contributed by atoms with Crippen LogP contribution in [0.5, 0.6) is 0 Å². The molecule has 1 aromatic rings. The van der Waals surface area contributed by atoms with Crippen molar-refractivity contribution in [3.8, 4) is 0 Å². The van der Waals surface area contributed by atoms with E-state index in [-0.39, 0.29) is 5.41 Å². The molecule has 0 fully saturated rings. The summed E-state index contributed by atoms with van der Waals surface area (Å²) in [5.41, 5.74) is 3.00. The quantitative estimate of drug-likeness (QED) is 0.534. The lowest BCUT2D eigenvalue weighted by molar-refractivity contribution is 0.246. The topological polar surface area (TPSA) is 9.23 Å². The van der Waals surface area contributed by atoms with Crippen molar-refractivity contribution in [3.05, 3.63) is 48.2 Å². The van der Waals surface area contributed by atoms with E-state index in [9.17, 15) is 0 Å². The average Bonchev–Trinajstić information content (AvgIpc) is 2.24. The second-order valence-corrected chi connectivity index (χ2v) is 5.09. The molecule has 0 spiro atoms. The number of aryl methyl sites for hydroxylation is 1. The van der Waals surface area contributed by atoms with Gasteiger partial charge in [-0.25, -0.2) is 0 Å². The highest BCUT2D eigenvalue weighted by molar-refractivity contribution is 5.27. The molecular formula is C15H22O. The highest BCUT2D eigenvalue weighted by Crippen LogP contribution is 2.22. The van der Waals surface area contributed by atoms with Crippen LogP contribution >= 0.6 is 0 Å². The van der Waals surface area contributed by atoms with Gasteiger partial charge in [0.15, 0.2) is 0 Å². The minimum absolute atomic E-state index is 0.241. The summed E-state index contributed by atoms with van der Waals surface area (Å²) >= 11 is 0. The predicted octanol–water partition coefficient (Wildman–Crippen LogP) is 4.08. The molecule has 0 atom stereocenters. The van der Waals surface area contributed by atoms with Gasteiger partial charge in [0, 0.05) is 0 Å². The van der Waals surface area contributed by atoms with Gasteiger partial charge in [-0.3, -0.25) is 0 Å². The third-order valence-electron chi connectivity index (χ3n) is 2.67. The van der Waals surface area contributed by atoms with Gasteiger partial charge in [0.2, 0.25) is 0 Å². The number of hydrogen-bond donors (Lipinski definition) is 0. The van der Waals surface area contributed by atoms with Crippen LogP contribution in [0.1, 0.15) is 38.3 Å². The SMILES string of the molecule is C=COCCCc1ccc(C(C)(C)C)cc1. The zero-order valence-electron chi connectivity index (χ0n) is 10.6. The second-order valence-electron chi connectivity index (χ2n) is 5.09. The Morgan fingerprint density at radius 1 is 1.19 bits per heavy atom. The minimum Gasteiger partial charge on any atom is -0.502 e. The summed E-state index contributed by atoms with van der Waals surface area (Å²) in [7, 11) is 0. The van der Waals surface area contributed by atoms with Crippen LogP contribution in [0.3, 0.4) is 0 Å². The number of ether oxygens (including phenoxy) is 1. The molecule has 0 aliphatic rings. The van der Waals surface area contributed by atoms with Gasteiger partial charge < -0.3 is 4.74 Å². The zero-order chi connectivity index (χ0) is 12.0. The maximum atomic E-state index is 5.10. The van der Waals surface area contributed by atoms with E-state index >= 15 is 0 Å². The lowest BCUT2D eigenvalue weighted by Crippen LogP contribution is -2.10. The molecule has 0 N–H and O–H groups in total. The molecule has 88 valence electrons. The fourth-order valence-corrected chi connectivity index (χ4v) is 1.61. The van der Waals surface area contributed by atoms with Gasteiger partial charge in [0.05, 0.1) is 12.9 Å².